The Morgan fingerprint density at radius 3 is 2.73 bits per heavy atom. The number of rotatable bonds is 3. The Morgan fingerprint density at radius 1 is 1.53 bits per heavy atom. The average molecular weight is 209 g/mol. The SMILES string of the molecule is C=CC(=O)C[C@@H]1CCCN(C(C)(C)C)C1. The van der Waals surface area contributed by atoms with Crippen molar-refractivity contribution in [2.75, 3.05) is 13.1 Å². The molecule has 0 aliphatic carbocycles. The van der Waals surface area contributed by atoms with E-state index in [0.717, 1.165) is 6.54 Å². The third kappa shape index (κ3) is 3.78. The fraction of sp³-hybridized carbons (Fsp3) is 0.769. The molecular weight excluding hydrogens is 186 g/mol. The van der Waals surface area contributed by atoms with Crippen LogP contribution in [0, 0.1) is 5.92 Å². The monoisotopic (exact) mass is 209 g/mol. The van der Waals surface area contributed by atoms with Crippen LogP contribution >= 0.6 is 0 Å². The summed E-state index contributed by atoms with van der Waals surface area (Å²) in [6.45, 7) is 12.5. The molecule has 1 fully saturated rings. The van der Waals surface area contributed by atoms with Crippen LogP contribution in [-0.4, -0.2) is 29.3 Å². The van der Waals surface area contributed by atoms with E-state index in [1.807, 2.05) is 0 Å². The van der Waals surface area contributed by atoms with Crippen molar-refractivity contribution in [3.8, 4) is 0 Å². The second-order valence-electron chi connectivity index (χ2n) is 5.50. The van der Waals surface area contributed by atoms with Crippen LogP contribution < -0.4 is 0 Å². The van der Waals surface area contributed by atoms with Crippen molar-refractivity contribution in [3.63, 3.8) is 0 Å². The third-order valence-corrected chi connectivity index (χ3v) is 3.19. The summed E-state index contributed by atoms with van der Waals surface area (Å²) in [6, 6.07) is 0. The molecule has 2 nitrogen and oxygen atoms in total. The van der Waals surface area contributed by atoms with Gasteiger partial charge in [-0.1, -0.05) is 6.58 Å². The van der Waals surface area contributed by atoms with E-state index < -0.39 is 0 Å². The van der Waals surface area contributed by atoms with Crippen LogP contribution in [0.1, 0.15) is 40.0 Å². The van der Waals surface area contributed by atoms with Crippen molar-refractivity contribution in [3.05, 3.63) is 12.7 Å². The number of ketones is 1. The number of carbonyl (C=O) groups excluding carboxylic acids is 1. The number of allylic oxidation sites excluding steroid dienone is 1. The van der Waals surface area contributed by atoms with Gasteiger partial charge in [0, 0.05) is 18.5 Å². The maximum absolute atomic E-state index is 11.3. The standard InChI is InChI=1S/C13H23NO/c1-5-12(15)9-11-7-6-8-14(10-11)13(2,3)4/h5,11H,1,6-10H2,2-4H3/t11-/m0/s1. The van der Waals surface area contributed by atoms with E-state index in [1.165, 1.54) is 25.5 Å². The van der Waals surface area contributed by atoms with E-state index in [-0.39, 0.29) is 11.3 Å². The van der Waals surface area contributed by atoms with Gasteiger partial charge in [-0.25, -0.2) is 0 Å². The maximum Gasteiger partial charge on any atom is 0.155 e. The van der Waals surface area contributed by atoms with Crippen molar-refractivity contribution in [1.29, 1.82) is 0 Å². The lowest BCUT2D eigenvalue weighted by Gasteiger charge is -2.41. The first-order valence-corrected chi connectivity index (χ1v) is 5.84. The van der Waals surface area contributed by atoms with Gasteiger partial charge < -0.3 is 0 Å². The molecule has 0 aromatic rings. The van der Waals surface area contributed by atoms with Crippen LogP contribution in [-0.2, 0) is 4.79 Å². The molecule has 1 aliphatic rings. The van der Waals surface area contributed by atoms with Crippen LogP contribution in [0.5, 0.6) is 0 Å². The van der Waals surface area contributed by atoms with Crippen molar-refractivity contribution < 1.29 is 4.79 Å². The predicted octanol–water partition coefficient (Wildman–Crippen LogP) is 2.64. The normalized spacial score (nSPS) is 23.8. The fourth-order valence-electron chi connectivity index (χ4n) is 2.21. The van der Waals surface area contributed by atoms with Crippen LogP contribution in [0.25, 0.3) is 0 Å². The summed E-state index contributed by atoms with van der Waals surface area (Å²) in [5.41, 5.74) is 0.232. The molecular formula is C13H23NO. The van der Waals surface area contributed by atoms with Gasteiger partial charge in [-0.2, -0.15) is 0 Å². The smallest absolute Gasteiger partial charge is 0.155 e. The zero-order chi connectivity index (χ0) is 11.5. The number of nitrogens with zero attached hydrogens (tertiary/aromatic N) is 1. The highest BCUT2D eigenvalue weighted by molar-refractivity contribution is 5.89. The lowest BCUT2D eigenvalue weighted by Crippen LogP contribution is -2.47. The quantitative estimate of drug-likeness (QED) is 0.666. The number of hydrogen-bond acceptors (Lipinski definition) is 2. The van der Waals surface area contributed by atoms with E-state index >= 15 is 0 Å². The molecule has 1 heterocycles. The molecule has 0 bridgehead atoms. The molecule has 1 atom stereocenters. The van der Waals surface area contributed by atoms with Crippen molar-refractivity contribution in [2.45, 2.75) is 45.6 Å². The van der Waals surface area contributed by atoms with Crippen LogP contribution in [0.2, 0.25) is 0 Å². The Hall–Kier alpha value is -0.630. The van der Waals surface area contributed by atoms with Gasteiger partial charge in [-0.15, -0.1) is 0 Å². The predicted molar refractivity (Wildman–Crippen MR) is 63.9 cm³/mol. The van der Waals surface area contributed by atoms with Gasteiger partial charge in [-0.05, 0) is 52.2 Å². The summed E-state index contributed by atoms with van der Waals surface area (Å²) in [6.07, 6.45) is 4.53. The molecule has 1 rings (SSSR count). The molecule has 1 aliphatic heterocycles. The number of piperidine rings is 1. The largest absolute Gasteiger partial charge is 0.298 e. The van der Waals surface area contributed by atoms with Crippen molar-refractivity contribution in [2.24, 2.45) is 5.92 Å². The Kier molecular flexibility index (Phi) is 4.09. The van der Waals surface area contributed by atoms with Gasteiger partial charge in [0.05, 0.1) is 0 Å². The third-order valence-electron chi connectivity index (χ3n) is 3.19. The molecule has 0 radical (unpaired) electrons. The lowest BCUT2D eigenvalue weighted by atomic mass is 9.90. The van der Waals surface area contributed by atoms with E-state index in [4.69, 9.17) is 0 Å². The summed E-state index contributed by atoms with van der Waals surface area (Å²) in [7, 11) is 0. The summed E-state index contributed by atoms with van der Waals surface area (Å²) < 4.78 is 0. The summed E-state index contributed by atoms with van der Waals surface area (Å²) in [4.78, 5) is 13.8. The van der Waals surface area contributed by atoms with E-state index in [1.54, 1.807) is 0 Å². The fourth-order valence-corrected chi connectivity index (χ4v) is 2.21. The summed E-state index contributed by atoms with van der Waals surface area (Å²) in [5, 5.41) is 0. The summed E-state index contributed by atoms with van der Waals surface area (Å²) in [5.74, 6) is 0.722. The molecule has 0 aromatic carbocycles. The van der Waals surface area contributed by atoms with E-state index in [0.29, 0.717) is 12.3 Å². The van der Waals surface area contributed by atoms with E-state index in [2.05, 4.69) is 32.3 Å². The topological polar surface area (TPSA) is 20.3 Å². The minimum atomic E-state index is 0.191. The molecule has 1 saturated heterocycles. The Morgan fingerprint density at radius 2 is 2.20 bits per heavy atom. The van der Waals surface area contributed by atoms with Gasteiger partial charge in [0.15, 0.2) is 5.78 Å². The molecule has 0 spiro atoms. The maximum atomic E-state index is 11.3. The Balaban J connectivity index is 2.49. The molecule has 0 saturated carbocycles. The van der Waals surface area contributed by atoms with E-state index in [9.17, 15) is 4.79 Å². The van der Waals surface area contributed by atoms with Gasteiger partial charge in [0.1, 0.15) is 0 Å². The molecule has 15 heavy (non-hydrogen) atoms. The van der Waals surface area contributed by atoms with Gasteiger partial charge in [-0.3, -0.25) is 9.69 Å². The highest BCUT2D eigenvalue weighted by Crippen LogP contribution is 2.25. The zero-order valence-electron chi connectivity index (χ0n) is 10.3. The zero-order valence-corrected chi connectivity index (χ0v) is 10.3. The molecule has 86 valence electrons. The molecule has 0 amide bonds. The van der Waals surface area contributed by atoms with Crippen molar-refractivity contribution in [1.82, 2.24) is 4.90 Å². The second kappa shape index (κ2) is 4.93. The molecule has 0 unspecified atom stereocenters. The van der Waals surface area contributed by atoms with Crippen LogP contribution in [0.3, 0.4) is 0 Å². The Bertz CT molecular complexity index is 239. The molecule has 2 heteroatoms. The number of likely N-dealkylation sites (tertiary alicyclic amines) is 1. The Labute approximate surface area is 93.3 Å². The van der Waals surface area contributed by atoms with Gasteiger partial charge in [0.2, 0.25) is 0 Å². The van der Waals surface area contributed by atoms with Gasteiger partial charge >= 0.3 is 0 Å². The van der Waals surface area contributed by atoms with Crippen LogP contribution in [0.15, 0.2) is 12.7 Å². The van der Waals surface area contributed by atoms with Gasteiger partial charge in [0.25, 0.3) is 0 Å². The highest BCUT2D eigenvalue weighted by atomic mass is 16.1. The van der Waals surface area contributed by atoms with Crippen molar-refractivity contribution >= 4 is 5.78 Å². The minimum absolute atomic E-state index is 0.191. The lowest BCUT2D eigenvalue weighted by molar-refractivity contribution is -0.116. The number of hydrogen-bond donors (Lipinski definition) is 0. The first-order chi connectivity index (χ1) is 6.93. The first-order valence-electron chi connectivity index (χ1n) is 5.84. The minimum Gasteiger partial charge on any atom is -0.298 e. The number of carbonyl (C=O) groups is 1. The van der Waals surface area contributed by atoms with Crippen LogP contribution in [0.4, 0.5) is 0 Å². The first kappa shape index (κ1) is 12.4. The average Bonchev–Trinajstić information content (AvgIpc) is 2.17. The highest BCUT2D eigenvalue weighted by Gasteiger charge is 2.28. The summed E-state index contributed by atoms with van der Waals surface area (Å²) >= 11 is 0. The second-order valence-corrected chi connectivity index (χ2v) is 5.50. The molecule has 0 N–H and O–H groups in total. The molecule has 0 aromatic heterocycles.